The maximum absolute atomic E-state index is 4.69. The van der Waals surface area contributed by atoms with E-state index in [0.717, 1.165) is 23.2 Å². The first-order valence-corrected chi connectivity index (χ1v) is 9.48. The molecule has 23 heavy (non-hydrogen) atoms. The van der Waals surface area contributed by atoms with E-state index in [0.29, 0.717) is 6.04 Å². The second-order valence-corrected chi connectivity index (χ2v) is 8.08. The summed E-state index contributed by atoms with van der Waals surface area (Å²) in [5.41, 5.74) is 1.35. The molecule has 0 saturated heterocycles. The normalized spacial score (nSPS) is 22.0. The summed E-state index contributed by atoms with van der Waals surface area (Å²) in [6, 6.07) is 1.34. The monoisotopic (exact) mass is 332 g/mol. The lowest BCUT2D eigenvalue weighted by molar-refractivity contribution is 0.214. The van der Waals surface area contributed by atoms with Crippen LogP contribution in [0.15, 0.2) is 6.33 Å². The van der Waals surface area contributed by atoms with Crippen molar-refractivity contribution in [3.63, 3.8) is 0 Å². The number of fused-ring (bicyclic) bond motifs is 1. The largest absolute Gasteiger partial charge is 0.353 e. The zero-order valence-electron chi connectivity index (χ0n) is 15.0. The van der Waals surface area contributed by atoms with Crippen LogP contribution in [0.1, 0.15) is 43.0 Å². The van der Waals surface area contributed by atoms with Crippen LogP contribution in [-0.4, -0.2) is 47.6 Å². The Labute approximate surface area is 143 Å². The molecule has 126 valence electrons. The van der Waals surface area contributed by atoms with Gasteiger partial charge in [0.25, 0.3) is 0 Å². The van der Waals surface area contributed by atoms with Gasteiger partial charge in [0.1, 0.15) is 17.0 Å². The summed E-state index contributed by atoms with van der Waals surface area (Å²) in [4.78, 5) is 16.6. The van der Waals surface area contributed by atoms with E-state index in [1.807, 2.05) is 0 Å². The molecule has 1 aliphatic rings. The van der Waals surface area contributed by atoms with E-state index in [1.165, 1.54) is 41.5 Å². The van der Waals surface area contributed by atoms with Crippen LogP contribution in [0.2, 0.25) is 0 Å². The first-order chi connectivity index (χ1) is 11.0. The van der Waals surface area contributed by atoms with Gasteiger partial charge in [0, 0.05) is 23.5 Å². The van der Waals surface area contributed by atoms with E-state index < -0.39 is 0 Å². The van der Waals surface area contributed by atoms with Gasteiger partial charge in [-0.2, -0.15) is 0 Å². The van der Waals surface area contributed by atoms with Gasteiger partial charge in [0.05, 0.1) is 5.39 Å². The van der Waals surface area contributed by atoms with E-state index in [1.54, 1.807) is 17.7 Å². The molecule has 0 atom stereocenters. The molecular formula is C18H28N4S. The zero-order chi connectivity index (χ0) is 16.6. The molecule has 1 saturated carbocycles. The lowest BCUT2D eigenvalue weighted by atomic mass is 9.89. The molecule has 0 aliphatic heterocycles. The number of anilines is 1. The number of thiophene rings is 1. The molecule has 2 aromatic rings. The van der Waals surface area contributed by atoms with Crippen LogP contribution in [0, 0.1) is 13.8 Å². The van der Waals surface area contributed by atoms with E-state index in [4.69, 9.17) is 4.98 Å². The Morgan fingerprint density at radius 2 is 1.74 bits per heavy atom. The van der Waals surface area contributed by atoms with Gasteiger partial charge in [-0.3, -0.25) is 0 Å². The molecule has 0 radical (unpaired) electrons. The second-order valence-electron chi connectivity index (χ2n) is 6.87. The quantitative estimate of drug-likeness (QED) is 0.847. The number of aromatic nitrogens is 2. The maximum atomic E-state index is 4.69. The fourth-order valence-electron chi connectivity index (χ4n) is 3.85. The van der Waals surface area contributed by atoms with Crippen LogP contribution in [0.25, 0.3) is 10.2 Å². The third kappa shape index (κ3) is 3.09. The minimum absolute atomic E-state index is 0.605. The Kier molecular flexibility index (Phi) is 4.87. The standard InChI is InChI=1S/C18H28N4S/c1-6-22(15-9-7-14(8-10-15)21(4)5)17-16-12(2)13(3)23-18(16)20-11-19-17/h11,14-15H,6-10H2,1-5H3/t14-,15-. The van der Waals surface area contributed by atoms with Crippen molar-refractivity contribution in [3.05, 3.63) is 16.8 Å². The van der Waals surface area contributed by atoms with Gasteiger partial charge in [-0.05, 0) is 66.1 Å². The SMILES string of the molecule is CCN(c1ncnc2sc(C)c(C)c12)[C@H]1CC[C@H](N(C)C)CC1. The van der Waals surface area contributed by atoms with Crippen molar-refractivity contribution in [3.8, 4) is 0 Å². The smallest absolute Gasteiger partial charge is 0.141 e. The van der Waals surface area contributed by atoms with Crippen molar-refractivity contribution >= 4 is 27.4 Å². The summed E-state index contributed by atoms with van der Waals surface area (Å²) >= 11 is 1.79. The molecular weight excluding hydrogens is 304 g/mol. The van der Waals surface area contributed by atoms with Gasteiger partial charge in [-0.25, -0.2) is 9.97 Å². The molecule has 0 spiro atoms. The van der Waals surface area contributed by atoms with Crippen LogP contribution >= 0.6 is 11.3 Å². The highest BCUT2D eigenvalue weighted by Gasteiger charge is 2.28. The number of nitrogens with zero attached hydrogens (tertiary/aromatic N) is 4. The van der Waals surface area contributed by atoms with E-state index in [-0.39, 0.29) is 0 Å². The zero-order valence-corrected chi connectivity index (χ0v) is 15.8. The minimum atomic E-state index is 0.605. The lowest BCUT2D eigenvalue weighted by Crippen LogP contribution is -2.42. The Bertz CT molecular complexity index is 671. The topological polar surface area (TPSA) is 32.3 Å². The molecule has 5 heteroatoms. The number of aryl methyl sites for hydroxylation is 2. The predicted octanol–water partition coefficient (Wildman–Crippen LogP) is 4.01. The van der Waals surface area contributed by atoms with Crippen molar-refractivity contribution in [1.29, 1.82) is 0 Å². The molecule has 0 N–H and O–H groups in total. The molecule has 3 rings (SSSR count). The van der Waals surface area contributed by atoms with E-state index >= 15 is 0 Å². The molecule has 2 heterocycles. The van der Waals surface area contributed by atoms with Crippen molar-refractivity contribution in [2.75, 3.05) is 25.5 Å². The Morgan fingerprint density at radius 3 is 2.35 bits per heavy atom. The number of hydrogen-bond acceptors (Lipinski definition) is 5. The molecule has 1 aliphatic carbocycles. The Balaban J connectivity index is 1.90. The van der Waals surface area contributed by atoms with Gasteiger partial charge in [-0.1, -0.05) is 0 Å². The molecule has 1 fully saturated rings. The Morgan fingerprint density at radius 1 is 1.09 bits per heavy atom. The minimum Gasteiger partial charge on any atom is -0.353 e. The van der Waals surface area contributed by atoms with Crippen LogP contribution in [0.3, 0.4) is 0 Å². The number of hydrogen-bond donors (Lipinski definition) is 0. The van der Waals surface area contributed by atoms with Gasteiger partial charge >= 0.3 is 0 Å². The van der Waals surface area contributed by atoms with Crippen LogP contribution < -0.4 is 4.90 Å². The van der Waals surface area contributed by atoms with Gasteiger partial charge in [0.15, 0.2) is 0 Å². The highest BCUT2D eigenvalue weighted by molar-refractivity contribution is 7.18. The fourth-order valence-corrected chi connectivity index (χ4v) is 4.84. The van der Waals surface area contributed by atoms with Crippen molar-refractivity contribution in [2.45, 2.75) is 58.5 Å². The summed E-state index contributed by atoms with van der Waals surface area (Å²) in [7, 11) is 4.40. The predicted molar refractivity (Wildman–Crippen MR) is 99.6 cm³/mol. The summed E-state index contributed by atoms with van der Waals surface area (Å²) in [6.45, 7) is 7.65. The highest BCUT2D eigenvalue weighted by atomic mass is 32.1. The summed E-state index contributed by atoms with van der Waals surface area (Å²) < 4.78 is 0. The second kappa shape index (κ2) is 6.73. The average molecular weight is 333 g/mol. The molecule has 0 amide bonds. The number of rotatable bonds is 4. The molecule has 2 aromatic heterocycles. The first-order valence-electron chi connectivity index (χ1n) is 8.66. The Hall–Kier alpha value is -1.20. The van der Waals surface area contributed by atoms with E-state index in [2.05, 4.69) is 49.7 Å². The van der Waals surface area contributed by atoms with Crippen LogP contribution in [0.5, 0.6) is 0 Å². The van der Waals surface area contributed by atoms with Gasteiger partial charge < -0.3 is 9.80 Å². The van der Waals surface area contributed by atoms with Gasteiger partial charge in [-0.15, -0.1) is 11.3 Å². The van der Waals surface area contributed by atoms with Crippen LogP contribution in [0.4, 0.5) is 5.82 Å². The average Bonchev–Trinajstić information content (AvgIpc) is 2.84. The summed E-state index contributed by atoms with van der Waals surface area (Å²) in [5.74, 6) is 1.15. The maximum Gasteiger partial charge on any atom is 0.141 e. The first kappa shape index (κ1) is 16.7. The molecule has 0 bridgehead atoms. The molecule has 0 aromatic carbocycles. The van der Waals surface area contributed by atoms with Crippen molar-refractivity contribution in [2.24, 2.45) is 0 Å². The van der Waals surface area contributed by atoms with Crippen molar-refractivity contribution in [1.82, 2.24) is 14.9 Å². The molecule has 0 unspecified atom stereocenters. The third-order valence-electron chi connectivity index (χ3n) is 5.40. The van der Waals surface area contributed by atoms with E-state index in [9.17, 15) is 0 Å². The summed E-state index contributed by atoms with van der Waals surface area (Å²) in [6.07, 6.45) is 6.81. The van der Waals surface area contributed by atoms with Crippen LogP contribution in [-0.2, 0) is 0 Å². The van der Waals surface area contributed by atoms with Gasteiger partial charge in [0.2, 0.25) is 0 Å². The third-order valence-corrected chi connectivity index (χ3v) is 6.51. The van der Waals surface area contributed by atoms with Crippen molar-refractivity contribution < 1.29 is 0 Å². The molecule has 4 nitrogen and oxygen atoms in total. The highest BCUT2D eigenvalue weighted by Crippen LogP contribution is 2.36. The lowest BCUT2D eigenvalue weighted by Gasteiger charge is -2.39. The summed E-state index contributed by atoms with van der Waals surface area (Å²) in [5, 5.41) is 1.27. The fraction of sp³-hybridized carbons (Fsp3) is 0.667.